The molecule has 8 heteroatoms. The van der Waals surface area contributed by atoms with E-state index >= 15 is 0 Å². The van der Waals surface area contributed by atoms with E-state index < -0.39 is 0 Å². The number of rotatable bonds is 4. The predicted molar refractivity (Wildman–Crippen MR) is 110 cm³/mol. The second kappa shape index (κ2) is 8.24. The molecule has 6 nitrogen and oxygen atoms in total. The van der Waals surface area contributed by atoms with Gasteiger partial charge in [-0.2, -0.15) is 0 Å². The molecule has 27 heavy (non-hydrogen) atoms. The maximum atomic E-state index is 12.6. The topological polar surface area (TPSA) is 65.6 Å². The highest BCUT2D eigenvalue weighted by molar-refractivity contribution is 9.10. The third-order valence-electron chi connectivity index (χ3n) is 5.13. The molecule has 2 amide bonds. The van der Waals surface area contributed by atoms with Crippen molar-refractivity contribution in [3.8, 4) is 0 Å². The molecule has 1 aromatic carbocycles. The van der Waals surface area contributed by atoms with Gasteiger partial charge in [-0.1, -0.05) is 12.1 Å². The zero-order chi connectivity index (χ0) is 18.8. The Balaban J connectivity index is 1.33. The minimum Gasteiger partial charge on any atom is -0.378 e. The molecule has 0 unspecified atom stereocenters. The molecule has 2 aliphatic rings. The van der Waals surface area contributed by atoms with Crippen LogP contribution in [0.15, 0.2) is 22.7 Å². The molecule has 0 bridgehead atoms. The number of amides is 2. The van der Waals surface area contributed by atoms with Gasteiger partial charge in [-0.25, -0.2) is 0 Å². The summed E-state index contributed by atoms with van der Waals surface area (Å²) in [6, 6.07) is 6.14. The number of carbonyl (C=O) groups is 2. The molecular weight excluding hydrogens is 430 g/mol. The zero-order valence-electron chi connectivity index (χ0n) is 15.0. The first-order chi connectivity index (χ1) is 13.1. The first-order valence-corrected chi connectivity index (χ1v) is 11.1. The van der Waals surface area contributed by atoms with E-state index in [0.717, 1.165) is 16.4 Å². The van der Waals surface area contributed by atoms with Crippen LogP contribution < -0.4 is 0 Å². The number of nitrogens with one attached hydrogen (secondary N) is 1. The van der Waals surface area contributed by atoms with Gasteiger partial charge in [-0.3, -0.25) is 9.59 Å². The number of hydrogen-bond donors (Lipinski definition) is 1. The van der Waals surface area contributed by atoms with Gasteiger partial charge in [-0.05, 0) is 22.0 Å². The second-order valence-electron chi connectivity index (χ2n) is 6.80. The Kier molecular flexibility index (Phi) is 5.75. The van der Waals surface area contributed by atoms with Gasteiger partial charge in [0.15, 0.2) is 0 Å². The fraction of sp³-hybridized carbons (Fsp3) is 0.474. The number of carbonyl (C=O) groups excluding carboxylic acids is 2. The van der Waals surface area contributed by atoms with Gasteiger partial charge in [0.1, 0.15) is 0 Å². The van der Waals surface area contributed by atoms with E-state index in [0.29, 0.717) is 50.9 Å². The lowest BCUT2D eigenvalue weighted by Crippen LogP contribution is -2.42. The van der Waals surface area contributed by atoms with Crippen LogP contribution in [0.25, 0.3) is 10.9 Å². The molecule has 2 aliphatic heterocycles. The van der Waals surface area contributed by atoms with Gasteiger partial charge in [0.05, 0.1) is 30.2 Å². The maximum Gasteiger partial charge on any atom is 0.232 e. The number of H-pyrrole nitrogens is 1. The van der Waals surface area contributed by atoms with Crippen molar-refractivity contribution in [1.29, 1.82) is 0 Å². The Hall–Kier alpha value is -1.51. The van der Waals surface area contributed by atoms with Crippen molar-refractivity contribution in [2.75, 3.05) is 44.4 Å². The lowest BCUT2D eigenvalue weighted by atomic mass is 10.0. The predicted octanol–water partition coefficient (Wildman–Crippen LogP) is 2.41. The molecule has 4 rings (SSSR count). The minimum atomic E-state index is 0.0958. The van der Waals surface area contributed by atoms with Gasteiger partial charge in [-0.15, -0.1) is 11.8 Å². The largest absolute Gasteiger partial charge is 0.378 e. The summed E-state index contributed by atoms with van der Waals surface area (Å²) in [5, 5.41) is 1.17. The normalized spacial score (nSPS) is 17.2. The average Bonchev–Trinajstić information content (AvgIpc) is 3.08. The summed E-state index contributed by atoms with van der Waals surface area (Å²) in [6.45, 7) is 3.85. The van der Waals surface area contributed by atoms with Crippen molar-refractivity contribution >= 4 is 50.4 Å². The molecule has 1 saturated heterocycles. The van der Waals surface area contributed by atoms with E-state index in [9.17, 15) is 9.59 Å². The van der Waals surface area contributed by atoms with Crippen molar-refractivity contribution in [3.05, 3.63) is 33.9 Å². The first-order valence-electron chi connectivity index (χ1n) is 9.12. The Morgan fingerprint density at radius 3 is 2.63 bits per heavy atom. The number of aromatic amines is 1. The fourth-order valence-corrected chi connectivity index (χ4v) is 4.92. The van der Waals surface area contributed by atoms with E-state index in [-0.39, 0.29) is 11.8 Å². The molecule has 0 atom stereocenters. The lowest BCUT2D eigenvalue weighted by Gasteiger charge is -2.28. The average molecular weight is 452 g/mol. The number of morpholine rings is 1. The first kappa shape index (κ1) is 18.8. The standard InChI is InChI=1S/C19H22BrN3O3S/c20-15-3-1-2-13-14-10-23(5-4-16(14)21-19(13)15)18(25)12-27-11-17(24)22-6-8-26-9-7-22/h1-3,21H,4-12H2. The summed E-state index contributed by atoms with van der Waals surface area (Å²) in [7, 11) is 0. The summed E-state index contributed by atoms with van der Waals surface area (Å²) in [4.78, 5) is 32.0. The van der Waals surface area contributed by atoms with Crippen LogP contribution in [0.1, 0.15) is 11.3 Å². The van der Waals surface area contributed by atoms with Gasteiger partial charge < -0.3 is 19.5 Å². The van der Waals surface area contributed by atoms with Crippen LogP contribution >= 0.6 is 27.7 Å². The molecule has 1 aromatic heterocycles. The van der Waals surface area contributed by atoms with Crippen molar-refractivity contribution in [2.45, 2.75) is 13.0 Å². The molecule has 0 aliphatic carbocycles. The van der Waals surface area contributed by atoms with Crippen LogP contribution in [0, 0.1) is 0 Å². The second-order valence-corrected chi connectivity index (χ2v) is 8.64. The summed E-state index contributed by atoms with van der Waals surface area (Å²) in [5.41, 5.74) is 3.53. The van der Waals surface area contributed by atoms with Gasteiger partial charge in [0, 0.05) is 53.7 Å². The van der Waals surface area contributed by atoms with Crippen LogP contribution in [-0.4, -0.2) is 71.0 Å². The Morgan fingerprint density at radius 1 is 1.11 bits per heavy atom. The Morgan fingerprint density at radius 2 is 1.85 bits per heavy atom. The number of nitrogens with zero attached hydrogens (tertiary/aromatic N) is 2. The molecule has 3 heterocycles. The summed E-state index contributed by atoms with van der Waals surface area (Å²) in [6.07, 6.45) is 0.833. The van der Waals surface area contributed by atoms with E-state index in [4.69, 9.17) is 4.74 Å². The van der Waals surface area contributed by atoms with Crippen molar-refractivity contribution in [1.82, 2.24) is 14.8 Å². The number of ether oxygens (including phenoxy) is 1. The van der Waals surface area contributed by atoms with Crippen LogP contribution in [-0.2, 0) is 27.3 Å². The highest BCUT2D eigenvalue weighted by Gasteiger charge is 2.25. The zero-order valence-corrected chi connectivity index (χ0v) is 17.4. The SMILES string of the molecule is O=C(CSCC(=O)N1CCc2[nH]c3c(Br)cccc3c2C1)N1CCOCC1. The highest BCUT2D eigenvalue weighted by atomic mass is 79.9. The molecule has 2 aromatic rings. The molecule has 0 spiro atoms. The van der Waals surface area contributed by atoms with E-state index in [2.05, 4.69) is 27.0 Å². The van der Waals surface area contributed by atoms with E-state index in [1.165, 1.54) is 28.4 Å². The van der Waals surface area contributed by atoms with Crippen LogP contribution in [0.3, 0.4) is 0 Å². The Labute approximate surface area is 170 Å². The lowest BCUT2D eigenvalue weighted by molar-refractivity contribution is -0.132. The minimum absolute atomic E-state index is 0.0958. The summed E-state index contributed by atoms with van der Waals surface area (Å²) < 4.78 is 6.31. The van der Waals surface area contributed by atoms with E-state index in [1.54, 1.807) is 0 Å². The van der Waals surface area contributed by atoms with Gasteiger partial charge in [0.25, 0.3) is 0 Å². The summed E-state index contributed by atoms with van der Waals surface area (Å²) >= 11 is 5.00. The van der Waals surface area contributed by atoms with Gasteiger partial charge >= 0.3 is 0 Å². The van der Waals surface area contributed by atoms with Crippen LogP contribution in [0.5, 0.6) is 0 Å². The number of para-hydroxylation sites is 1. The monoisotopic (exact) mass is 451 g/mol. The summed E-state index contributed by atoms with van der Waals surface area (Å²) in [5.74, 6) is 0.894. The molecule has 0 saturated carbocycles. The van der Waals surface area contributed by atoms with Crippen LogP contribution in [0.4, 0.5) is 0 Å². The number of fused-ring (bicyclic) bond motifs is 3. The number of benzene rings is 1. The van der Waals surface area contributed by atoms with E-state index in [1.807, 2.05) is 21.9 Å². The third kappa shape index (κ3) is 4.02. The van der Waals surface area contributed by atoms with Gasteiger partial charge in [0.2, 0.25) is 11.8 Å². The molecular formula is C19H22BrN3O3S. The van der Waals surface area contributed by atoms with Crippen molar-refractivity contribution in [3.63, 3.8) is 0 Å². The van der Waals surface area contributed by atoms with Crippen LogP contribution in [0.2, 0.25) is 0 Å². The number of hydrogen-bond acceptors (Lipinski definition) is 4. The number of aromatic nitrogens is 1. The highest BCUT2D eigenvalue weighted by Crippen LogP contribution is 2.31. The smallest absolute Gasteiger partial charge is 0.232 e. The third-order valence-corrected chi connectivity index (χ3v) is 6.69. The molecule has 0 radical (unpaired) electrons. The molecule has 144 valence electrons. The molecule has 1 fully saturated rings. The number of thioether (sulfide) groups is 1. The maximum absolute atomic E-state index is 12.6. The fourth-order valence-electron chi connectivity index (χ4n) is 3.64. The molecule has 1 N–H and O–H groups in total. The number of halogens is 1. The van der Waals surface area contributed by atoms with Crippen molar-refractivity contribution < 1.29 is 14.3 Å². The van der Waals surface area contributed by atoms with Crippen molar-refractivity contribution in [2.24, 2.45) is 0 Å². The quantitative estimate of drug-likeness (QED) is 0.774. The Bertz CT molecular complexity index is 863.